The molecule has 0 bridgehead atoms. The van der Waals surface area contributed by atoms with Crippen molar-refractivity contribution in [2.24, 2.45) is 4.99 Å². The van der Waals surface area contributed by atoms with Gasteiger partial charge in [-0.15, -0.1) is 0 Å². The summed E-state index contributed by atoms with van der Waals surface area (Å²) in [4.78, 5) is 17.9. The number of hydrogen-bond donors (Lipinski definition) is 2. The molecule has 5 aromatic rings. The smallest absolute Gasteiger partial charge is 0.289 e. The molecule has 0 saturated heterocycles. The van der Waals surface area contributed by atoms with Crippen molar-refractivity contribution in [3.05, 3.63) is 84.8 Å². The molecule has 0 aliphatic carbocycles. The molecule has 0 amide bonds. The molecule has 0 fully saturated rings. The first-order valence-electron chi connectivity index (χ1n) is 12.1. The Kier molecular flexibility index (Phi) is 5.56. The van der Waals surface area contributed by atoms with Gasteiger partial charge in [0.1, 0.15) is 30.3 Å². The fourth-order valence-electron chi connectivity index (χ4n) is 4.22. The van der Waals surface area contributed by atoms with Gasteiger partial charge in [-0.05, 0) is 80.9 Å². The van der Waals surface area contributed by atoms with Gasteiger partial charge in [0, 0.05) is 34.4 Å². The van der Waals surface area contributed by atoms with E-state index in [-0.39, 0.29) is 5.54 Å². The van der Waals surface area contributed by atoms with Gasteiger partial charge < -0.3 is 20.1 Å². The highest BCUT2D eigenvalue weighted by Gasteiger charge is 2.26. The van der Waals surface area contributed by atoms with Crippen molar-refractivity contribution < 1.29 is 9.47 Å². The standard InChI is InChI=1S/C29H26N6O2/c1-18-13-20(8-11-26(18)37-22-9-6-19-5-4-12-30-25(19)15-22)33-27-23-14-21(7-10-24(23)31-17-32-27)34-28-35-29(2,3)16-36-28/h4-15,17H,16H2,1-3H3,(H,34,35)(H,31,32,33). The summed E-state index contributed by atoms with van der Waals surface area (Å²) in [5, 5.41) is 8.64. The molecule has 0 radical (unpaired) electrons. The van der Waals surface area contributed by atoms with Gasteiger partial charge in [0.15, 0.2) is 0 Å². The van der Waals surface area contributed by atoms with Crippen LogP contribution >= 0.6 is 0 Å². The molecule has 0 spiro atoms. The zero-order valence-electron chi connectivity index (χ0n) is 20.8. The van der Waals surface area contributed by atoms with Crippen molar-refractivity contribution in [1.29, 1.82) is 0 Å². The number of nitrogens with one attached hydrogen (secondary N) is 2. The molecule has 8 nitrogen and oxygen atoms in total. The van der Waals surface area contributed by atoms with Gasteiger partial charge in [0.2, 0.25) is 0 Å². The van der Waals surface area contributed by atoms with Crippen molar-refractivity contribution >= 4 is 45.0 Å². The summed E-state index contributed by atoms with van der Waals surface area (Å²) >= 11 is 0. The van der Waals surface area contributed by atoms with Crippen LogP contribution in [0.25, 0.3) is 21.8 Å². The number of nitrogens with zero attached hydrogens (tertiary/aromatic N) is 4. The number of anilines is 3. The van der Waals surface area contributed by atoms with Crippen LogP contribution in [0.3, 0.4) is 0 Å². The van der Waals surface area contributed by atoms with E-state index in [1.807, 2.05) is 87.5 Å². The Labute approximate surface area is 214 Å². The fraction of sp³-hybridized carbons (Fsp3) is 0.172. The van der Waals surface area contributed by atoms with Gasteiger partial charge in [-0.25, -0.2) is 15.0 Å². The topological polar surface area (TPSA) is 93.6 Å². The highest BCUT2D eigenvalue weighted by Crippen LogP contribution is 2.31. The van der Waals surface area contributed by atoms with Crippen LogP contribution in [0.2, 0.25) is 0 Å². The van der Waals surface area contributed by atoms with Gasteiger partial charge in [-0.2, -0.15) is 0 Å². The number of aryl methyl sites for hydroxylation is 1. The molecule has 6 rings (SSSR count). The van der Waals surface area contributed by atoms with Crippen LogP contribution in [-0.2, 0) is 4.74 Å². The summed E-state index contributed by atoms with van der Waals surface area (Å²) in [6.45, 7) is 6.64. The van der Waals surface area contributed by atoms with E-state index in [1.165, 1.54) is 0 Å². The van der Waals surface area contributed by atoms with Crippen molar-refractivity contribution in [2.75, 3.05) is 17.2 Å². The molecule has 8 heteroatoms. The first-order chi connectivity index (χ1) is 17.9. The molecule has 2 N–H and O–H groups in total. The Morgan fingerprint density at radius 2 is 1.73 bits per heavy atom. The summed E-state index contributed by atoms with van der Waals surface area (Å²) in [5.41, 5.74) is 4.24. The SMILES string of the molecule is Cc1cc(Nc2ncnc3ccc(NC4=NC(C)(C)CO4)cc23)ccc1Oc1ccc2cccnc2c1. The van der Waals surface area contributed by atoms with Gasteiger partial charge in [-0.1, -0.05) is 6.07 Å². The van der Waals surface area contributed by atoms with E-state index in [0.717, 1.165) is 50.2 Å². The number of fused-ring (bicyclic) bond motifs is 2. The van der Waals surface area contributed by atoms with E-state index >= 15 is 0 Å². The highest BCUT2D eigenvalue weighted by molar-refractivity contribution is 5.97. The minimum atomic E-state index is -0.228. The molecular weight excluding hydrogens is 464 g/mol. The molecule has 1 aliphatic heterocycles. The maximum absolute atomic E-state index is 6.16. The van der Waals surface area contributed by atoms with Crippen LogP contribution in [0.4, 0.5) is 17.2 Å². The van der Waals surface area contributed by atoms with E-state index in [2.05, 4.69) is 30.6 Å². The van der Waals surface area contributed by atoms with Crippen LogP contribution in [0, 0.1) is 6.92 Å². The summed E-state index contributed by atoms with van der Waals surface area (Å²) < 4.78 is 11.8. The molecule has 0 atom stereocenters. The summed E-state index contributed by atoms with van der Waals surface area (Å²) in [6.07, 6.45) is 3.34. The van der Waals surface area contributed by atoms with Gasteiger partial charge in [-0.3, -0.25) is 4.98 Å². The van der Waals surface area contributed by atoms with Crippen LogP contribution in [-0.4, -0.2) is 33.1 Å². The Balaban J connectivity index is 1.23. The number of pyridine rings is 1. The third-order valence-corrected chi connectivity index (χ3v) is 6.10. The summed E-state index contributed by atoms with van der Waals surface area (Å²) in [7, 11) is 0. The number of ether oxygens (including phenoxy) is 2. The zero-order valence-corrected chi connectivity index (χ0v) is 20.8. The maximum atomic E-state index is 6.16. The van der Waals surface area contributed by atoms with Crippen molar-refractivity contribution in [3.63, 3.8) is 0 Å². The Morgan fingerprint density at radius 3 is 2.57 bits per heavy atom. The molecule has 37 heavy (non-hydrogen) atoms. The van der Waals surface area contributed by atoms with Crippen molar-refractivity contribution in [3.8, 4) is 11.5 Å². The predicted molar refractivity (Wildman–Crippen MR) is 147 cm³/mol. The number of benzene rings is 3. The summed E-state index contributed by atoms with van der Waals surface area (Å²) in [6, 6.07) is 22.3. The Morgan fingerprint density at radius 1 is 0.865 bits per heavy atom. The second-order valence-electron chi connectivity index (χ2n) is 9.66. The molecule has 2 aromatic heterocycles. The minimum absolute atomic E-state index is 0.228. The molecule has 184 valence electrons. The largest absolute Gasteiger partial charge is 0.462 e. The third-order valence-electron chi connectivity index (χ3n) is 6.10. The molecule has 0 unspecified atom stereocenters. The number of rotatable bonds is 5. The average molecular weight is 491 g/mol. The average Bonchev–Trinajstić information content (AvgIpc) is 3.23. The number of hydrogen-bond acceptors (Lipinski definition) is 8. The van der Waals surface area contributed by atoms with E-state index < -0.39 is 0 Å². The highest BCUT2D eigenvalue weighted by atomic mass is 16.5. The third kappa shape index (κ3) is 4.86. The summed E-state index contributed by atoms with van der Waals surface area (Å²) in [5.74, 6) is 2.23. The first kappa shape index (κ1) is 22.7. The number of aromatic nitrogens is 3. The first-order valence-corrected chi connectivity index (χ1v) is 12.1. The number of amidine groups is 1. The van der Waals surface area contributed by atoms with Crippen LogP contribution in [0.5, 0.6) is 11.5 Å². The second kappa shape index (κ2) is 9.05. The normalized spacial score (nSPS) is 14.3. The maximum Gasteiger partial charge on any atom is 0.289 e. The van der Waals surface area contributed by atoms with Gasteiger partial charge >= 0.3 is 0 Å². The lowest BCUT2D eigenvalue weighted by Gasteiger charge is -2.13. The monoisotopic (exact) mass is 490 g/mol. The number of aliphatic imine (C=N–C) groups is 1. The molecule has 3 aromatic carbocycles. The predicted octanol–water partition coefficient (Wildman–Crippen LogP) is 6.60. The minimum Gasteiger partial charge on any atom is -0.462 e. The van der Waals surface area contributed by atoms with E-state index in [1.54, 1.807) is 12.5 Å². The van der Waals surface area contributed by atoms with Gasteiger partial charge in [0.25, 0.3) is 6.02 Å². The lowest BCUT2D eigenvalue weighted by atomic mass is 10.1. The Bertz CT molecular complexity index is 1660. The molecule has 0 saturated carbocycles. The molecular formula is C29H26N6O2. The van der Waals surface area contributed by atoms with E-state index in [0.29, 0.717) is 18.4 Å². The fourth-order valence-corrected chi connectivity index (χ4v) is 4.22. The van der Waals surface area contributed by atoms with Crippen LogP contribution in [0.1, 0.15) is 19.4 Å². The van der Waals surface area contributed by atoms with Crippen molar-refractivity contribution in [2.45, 2.75) is 26.3 Å². The Hall–Kier alpha value is -4.72. The second-order valence-corrected chi connectivity index (χ2v) is 9.66. The van der Waals surface area contributed by atoms with Crippen LogP contribution in [0.15, 0.2) is 84.2 Å². The van der Waals surface area contributed by atoms with E-state index in [9.17, 15) is 0 Å². The quantitative estimate of drug-likeness (QED) is 0.287. The lowest BCUT2D eigenvalue weighted by Crippen LogP contribution is -2.17. The molecule has 3 heterocycles. The zero-order chi connectivity index (χ0) is 25.4. The van der Waals surface area contributed by atoms with Crippen molar-refractivity contribution in [1.82, 2.24) is 15.0 Å². The van der Waals surface area contributed by atoms with E-state index in [4.69, 9.17) is 9.47 Å². The van der Waals surface area contributed by atoms with Crippen LogP contribution < -0.4 is 15.4 Å². The molecule has 1 aliphatic rings. The lowest BCUT2D eigenvalue weighted by molar-refractivity contribution is 0.278. The van der Waals surface area contributed by atoms with Gasteiger partial charge in [0.05, 0.1) is 16.6 Å².